The summed E-state index contributed by atoms with van der Waals surface area (Å²) in [5, 5.41) is 2.52. The Morgan fingerprint density at radius 3 is 3.00 bits per heavy atom. The molecule has 1 heterocycles. The van der Waals surface area contributed by atoms with Gasteiger partial charge in [0, 0.05) is 12.0 Å². The van der Waals surface area contributed by atoms with Crippen molar-refractivity contribution >= 4 is 0 Å². The number of quaternary nitrogens is 1. The predicted octanol–water partition coefficient (Wildman–Crippen LogP) is 2.17. The molecule has 0 aliphatic carbocycles. The van der Waals surface area contributed by atoms with E-state index < -0.39 is 0 Å². The summed E-state index contributed by atoms with van der Waals surface area (Å²) in [5.41, 5.74) is 2.91. The maximum Gasteiger partial charge on any atom is 0.112 e. The van der Waals surface area contributed by atoms with E-state index in [-0.39, 0.29) is 0 Å². The summed E-state index contributed by atoms with van der Waals surface area (Å²) in [6.45, 7) is 3.48. The van der Waals surface area contributed by atoms with Crippen molar-refractivity contribution in [1.29, 1.82) is 0 Å². The van der Waals surface area contributed by atoms with Crippen LogP contribution in [0.4, 0.5) is 0 Å². The molecular weight excluding hydrogens is 170 g/mol. The Hall–Kier alpha value is -0.820. The van der Waals surface area contributed by atoms with Gasteiger partial charge in [-0.05, 0) is 26.2 Å². The highest BCUT2D eigenvalue weighted by atomic mass is 14.9. The fourth-order valence-corrected chi connectivity index (χ4v) is 2.33. The van der Waals surface area contributed by atoms with Crippen LogP contribution in [0.5, 0.6) is 0 Å². The molecule has 2 rings (SSSR count). The van der Waals surface area contributed by atoms with Crippen molar-refractivity contribution in [3.63, 3.8) is 0 Å². The molecule has 0 saturated carbocycles. The van der Waals surface area contributed by atoms with Crippen LogP contribution in [0.2, 0.25) is 0 Å². The molecule has 0 spiro atoms. The highest BCUT2D eigenvalue weighted by Gasteiger charge is 2.16. The molecule has 1 nitrogen and oxygen atoms in total. The molecule has 1 aromatic rings. The lowest BCUT2D eigenvalue weighted by atomic mass is 10.0. The third-order valence-electron chi connectivity index (χ3n) is 3.14. The zero-order valence-corrected chi connectivity index (χ0v) is 9.00. The Bertz CT molecular complexity index is 285. The van der Waals surface area contributed by atoms with Crippen LogP contribution in [-0.2, 0) is 0 Å². The van der Waals surface area contributed by atoms with Gasteiger partial charge in [0.1, 0.15) is 6.04 Å². The Morgan fingerprint density at radius 1 is 1.21 bits per heavy atom. The molecule has 1 aliphatic rings. The first-order chi connectivity index (χ1) is 6.86. The molecule has 0 aromatic heterocycles. The van der Waals surface area contributed by atoms with E-state index in [4.69, 9.17) is 0 Å². The first-order valence-corrected chi connectivity index (χ1v) is 5.76. The minimum absolute atomic E-state index is 0.720. The topological polar surface area (TPSA) is 16.6 Å². The third-order valence-corrected chi connectivity index (χ3v) is 3.14. The summed E-state index contributed by atoms with van der Waals surface area (Å²) < 4.78 is 0. The lowest BCUT2D eigenvalue weighted by Gasteiger charge is -2.13. The average Bonchev–Trinajstić information content (AvgIpc) is 2.45. The zero-order valence-electron chi connectivity index (χ0n) is 9.00. The zero-order chi connectivity index (χ0) is 9.80. The maximum atomic E-state index is 2.52. The summed E-state index contributed by atoms with van der Waals surface area (Å²) in [7, 11) is 0. The highest BCUT2D eigenvalue weighted by Crippen LogP contribution is 2.18. The first kappa shape index (κ1) is 9.72. The Morgan fingerprint density at radius 2 is 2.14 bits per heavy atom. The van der Waals surface area contributed by atoms with Gasteiger partial charge in [0.25, 0.3) is 0 Å². The second-order valence-corrected chi connectivity index (χ2v) is 4.39. The quantitative estimate of drug-likeness (QED) is 0.699. The Kier molecular flexibility index (Phi) is 3.20. The monoisotopic (exact) mass is 190 g/mol. The van der Waals surface area contributed by atoms with Gasteiger partial charge in [-0.15, -0.1) is 0 Å². The van der Waals surface area contributed by atoms with Crippen LogP contribution in [-0.4, -0.2) is 6.54 Å². The van der Waals surface area contributed by atoms with Crippen LogP contribution in [0.3, 0.4) is 0 Å². The highest BCUT2D eigenvalue weighted by molar-refractivity contribution is 5.23. The number of aryl methyl sites for hydroxylation is 1. The minimum atomic E-state index is 0.720. The summed E-state index contributed by atoms with van der Waals surface area (Å²) in [5.74, 6) is 0. The lowest BCUT2D eigenvalue weighted by molar-refractivity contribution is -0.694. The third kappa shape index (κ3) is 2.36. The van der Waals surface area contributed by atoms with Crippen LogP contribution in [0, 0.1) is 6.92 Å². The summed E-state index contributed by atoms with van der Waals surface area (Å²) in [6, 6.07) is 9.70. The van der Waals surface area contributed by atoms with Gasteiger partial charge < -0.3 is 5.32 Å². The Labute approximate surface area is 86.5 Å². The van der Waals surface area contributed by atoms with E-state index in [1.54, 1.807) is 0 Å². The van der Waals surface area contributed by atoms with Gasteiger partial charge in [-0.2, -0.15) is 0 Å². The second-order valence-electron chi connectivity index (χ2n) is 4.39. The predicted molar refractivity (Wildman–Crippen MR) is 59.2 cm³/mol. The van der Waals surface area contributed by atoms with Crippen LogP contribution in [0.25, 0.3) is 0 Å². The molecule has 0 radical (unpaired) electrons. The van der Waals surface area contributed by atoms with Crippen molar-refractivity contribution in [2.75, 3.05) is 6.54 Å². The maximum absolute atomic E-state index is 2.52. The fraction of sp³-hybridized carbons (Fsp3) is 0.538. The number of hydrogen-bond donors (Lipinski definition) is 1. The van der Waals surface area contributed by atoms with Crippen LogP contribution in [0.15, 0.2) is 24.3 Å². The molecule has 1 saturated heterocycles. The molecule has 0 unspecified atom stereocenters. The fourth-order valence-electron chi connectivity index (χ4n) is 2.33. The second kappa shape index (κ2) is 4.61. The number of hydrogen-bond acceptors (Lipinski definition) is 0. The molecular formula is C13H20N+. The molecule has 0 amide bonds. The van der Waals surface area contributed by atoms with Crippen LogP contribution >= 0.6 is 0 Å². The van der Waals surface area contributed by atoms with Crippen molar-refractivity contribution < 1.29 is 5.32 Å². The number of nitrogens with two attached hydrogens (primary N) is 1. The summed E-state index contributed by atoms with van der Waals surface area (Å²) in [6.07, 6.45) is 5.56. The molecule has 1 fully saturated rings. The Balaban J connectivity index is 2.12. The van der Waals surface area contributed by atoms with Crippen molar-refractivity contribution in [3.05, 3.63) is 35.4 Å². The standard InChI is InChI=1S/C13H19N/c1-11-6-5-7-12(10-11)13-8-3-2-4-9-14-13/h5-7,10,13-14H,2-4,8-9H2,1H3/p+1/t13-/m0/s1. The van der Waals surface area contributed by atoms with Gasteiger partial charge in [0.05, 0.1) is 6.54 Å². The van der Waals surface area contributed by atoms with Crippen LogP contribution in [0.1, 0.15) is 42.9 Å². The van der Waals surface area contributed by atoms with E-state index in [0.717, 1.165) is 6.04 Å². The molecule has 1 aliphatic heterocycles. The largest absolute Gasteiger partial charge is 0.340 e. The molecule has 2 N–H and O–H groups in total. The smallest absolute Gasteiger partial charge is 0.112 e. The molecule has 76 valence electrons. The normalized spacial score (nSPS) is 23.1. The minimum Gasteiger partial charge on any atom is -0.340 e. The summed E-state index contributed by atoms with van der Waals surface area (Å²) in [4.78, 5) is 0. The van der Waals surface area contributed by atoms with Gasteiger partial charge in [-0.3, -0.25) is 0 Å². The van der Waals surface area contributed by atoms with Crippen molar-refractivity contribution in [3.8, 4) is 0 Å². The van der Waals surface area contributed by atoms with E-state index in [0.29, 0.717) is 0 Å². The van der Waals surface area contributed by atoms with Crippen LogP contribution < -0.4 is 5.32 Å². The van der Waals surface area contributed by atoms with E-state index in [1.165, 1.54) is 43.4 Å². The van der Waals surface area contributed by atoms with Gasteiger partial charge in [-0.1, -0.05) is 29.8 Å². The van der Waals surface area contributed by atoms with E-state index in [1.807, 2.05) is 0 Å². The van der Waals surface area contributed by atoms with Gasteiger partial charge in [0.15, 0.2) is 0 Å². The lowest BCUT2D eigenvalue weighted by Crippen LogP contribution is -2.84. The SMILES string of the molecule is Cc1cccc([C@@H]2CCCCC[NH2+]2)c1. The molecule has 14 heavy (non-hydrogen) atoms. The molecule has 1 heteroatoms. The van der Waals surface area contributed by atoms with Crippen molar-refractivity contribution in [2.24, 2.45) is 0 Å². The first-order valence-electron chi connectivity index (χ1n) is 5.76. The number of benzene rings is 1. The van der Waals surface area contributed by atoms with E-state index in [9.17, 15) is 0 Å². The number of rotatable bonds is 1. The molecule has 1 aromatic carbocycles. The van der Waals surface area contributed by atoms with Gasteiger partial charge >= 0.3 is 0 Å². The van der Waals surface area contributed by atoms with Gasteiger partial charge in [-0.25, -0.2) is 0 Å². The van der Waals surface area contributed by atoms with Crippen molar-refractivity contribution in [1.82, 2.24) is 0 Å². The van der Waals surface area contributed by atoms with Crippen molar-refractivity contribution in [2.45, 2.75) is 38.6 Å². The molecule has 0 bridgehead atoms. The van der Waals surface area contributed by atoms with E-state index >= 15 is 0 Å². The average molecular weight is 190 g/mol. The van der Waals surface area contributed by atoms with Gasteiger partial charge in [0.2, 0.25) is 0 Å². The summed E-state index contributed by atoms with van der Waals surface area (Å²) >= 11 is 0. The van der Waals surface area contributed by atoms with E-state index in [2.05, 4.69) is 36.5 Å². The molecule has 1 atom stereocenters.